The average Bonchev–Trinajstić information content (AvgIpc) is 2.79. The van der Waals surface area contributed by atoms with Gasteiger partial charge in [0.2, 0.25) is 0 Å². The van der Waals surface area contributed by atoms with Crippen LogP contribution in [0.3, 0.4) is 0 Å². The van der Waals surface area contributed by atoms with Crippen molar-refractivity contribution in [3.05, 3.63) is 122 Å². The van der Waals surface area contributed by atoms with Gasteiger partial charge in [-0.15, -0.1) is 12.1 Å². The normalized spacial score (nSPS) is 10.6. The van der Waals surface area contributed by atoms with E-state index < -0.39 is 0 Å². The van der Waals surface area contributed by atoms with Crippen LogP contribution in [0.15, 0.2) is 97.3 Å². The molecule has 0 radical (unpaired) electrons. The Labute approximate surface area is 185 Å². The summed E-state index contributed by atoms with van der Waals surface area (Å²) in [7, 11) is 0. The van der Waals surface area contributed by atoms with Crippen molar-refractivity contribution in [3.8, 4) is 0 Å². The molecule has 4 aromatic carbocycles. The minimum Gasteiger partial charge on any atom is -0.221 e. The van der Waals surface area contributed by atoms with Gasteiger partial charge in [0.1, 0.15) is 0 Å². The fourth-order valence-corrected chi connectivity index (χ4v) is 4.10. The van der Waals surface area contributed by atoms with Crippen LogP contribution in [-0.4, -0.2) is 10.1 Å². The van der Waals surface area contributed by atoms with Gasteiger partial charge in [0.05, 0.1) is 0 Å². The van der Waals surface area contributed by atoms with Crippen LogP contribution < -0.4 is 9.97 Å². The second kappa shape index (κ2) is 8.47. The molecule has 2 aromatic heterocycles. The van der Waals surface area contributed by atoms with E-state index in [4.69, 9.17) is 0 Å². The minimum absolute atomic E-state index is 0. The fraction of sp³-hybridized carbons (Fsp3) is 0. The molecule has 2 N–H and O–H groups in total. The van der Waals surface area contributed by atoms with E-state index in [1.54, 1.807) is 0 Å². The van der Waals surface area contributed by atoms with Gasteiger partial charge in [-0.05, 0) is 35.0 Å². The second-order valence-electron chi connectivity index (χ2n) is 7.43. The number of benzene rings is 4. The van der Waals surface area contributed by atoms with Crippen molar-refractivity contribution in [2.24, 2.45) is 0 Å². The summed E-state index contributed by atoms with van der Waals surface area (Å²) in [5.74, 6) is 0. The molecule has 144 valence electrons. The average molecular weight is 396 g/mol. The van der Waals surface area contributed by atoms with Crippen molar-refractivity contribution < 1.29 is 9.97 Å². The Bertz CT molecular complexity index is 1410. The van der Waals surface area contributed by atoms with Crippen LogP contribution in [0.5, 0.6) is 0 Å². The smallest absolute Gasteiger partial charge is 0.221 e. The molecule has 0 saturated carbocycles. The summed E-state index contributed by atoms with van der Waals surface area (Å²) in [5.41, 5.74) is 4.47. The maximum Gasteiger partial charge on any atom is 2.00 e. The van der Waals surface area contributed by atoms with Crippen LogP contribution >= 0.6 is 0 Å². The van der Waals surface area contributed by atoms with Crippen molar-refractivity contribution >= 4 is 53.5 Å². The first-order chi connectivity index (χ1) is 14.7. The van der Waals surface area contributed by atoms with Gasteiger partial charge in [0.15, 0.2) is 23.4 Å². The molecular formula is C28H22BeN2+2. The zero-order valence-corrected chi connectivity index (χ0v) is 17.4. The van der Waals surface area contributed by atoms with Crippen LogP contribution in [0.4, 0.5) is 0 Å². The summed E-state index contributed by atoms with van der Waals surface area (Å²) in [6.45, 7) is 8.16. The Kier molecular flexibility index (Phi) is 5.58. The topological polar surface area (TPSA) is 28.3 Å². The quantitative estimate of drug-likeness (QED) is 0.182. The molecule has 0 aliphatic rings. The zero-order valence-electron chi connectivity index (χ0n) is 17.4. The standard InChI is InChI=1S/2C14H10N.Be/c2*1-10-4-2-5-11-7-8-12-6-3-9-15-14(12)13(10)11;/h2*2-9H,1H2;/q2*-1;+2/p+2. The molecule has 0 fully saturated rings. The third-order valence-electron chi connectivity index (χ3n) is 5.53. The minimum atomic E-state index is 0. The molecule has 31 heavy (non-hydrogen) atoms. The first kappa shape index (κ1) is 20.4. The van der Waals surface area contributed by atoms with E-state index in [-0.39, 0.29) is 10.1 Å². The van der Waals surface area contributed by atoms with E-state index in [9.17, 15) is 0 Å². The summed E-state index contributed by atoms with van der Waals surface area (Å²) >= 11 is 0. The molecule has 0 unspecified atom stereocenters. The number of fused-ring (bicyclic) bond motifs is 6. The number of hydrogen-bond acceptors (Lipinski definition) is 0. The maximum atomic E-state index is 4.08. The van der Waals surface area contributed by atoms with Gasteiger partial charge in [-0.3, -0.25) is 0 Å². The third-order valence-corrected chi connectivity index (χ3v) is 5.53. The summed E-state index contributed by atoms with van der Waals surface area (Å²) in [5, 5.41) is 7.35. The molecule has 2 heterocycles. The van der Waals surface area contributed by atoms with Crippen LogP contribution in [0, 0.1) is 13.8 Å². The van der Waals surface area contributed by atoms with Crippen LogP contribution in [0.1, 0.15) is 11.1 Å². The second-order valence-corrected chi connectivity index (χ2v) is 7.43. The predicted molar refractivity (Wildman–Crippen MR) is 131 cm³/mol. The van der Waals surface area contributed by atoms with E-state index in [0.717, 1.165) is 11.1 Å². The number of rotatable bonds is 0. The summed E-state index contributed by atoms with van der Waals surface area (Å²) in [6, 6.07) is 29.2. The molecule has 6 rings (SSSR count). The summed E-state index contributed by atoms with van der Waals surface area (Å²) < 4.78 is 0. The van der Waals surface area contributed by atoms with Gasteiger partial charge in [0.25, 0.3) is 0 Å². The van der Waals surface area contributed by atoms with Crippen molar-refractivity contribution in [2.45, 2.75) is 0 Å². The van der Waals surface area contributed by atoms with Crippen molar-refractivity contribution in [1.29, 1.82) is 0 Å². The van der Waals surface area contributed by atoms with Gasteiger partial charge < -0.3 is 0 Å². The Morgan fingerprint density at radius 2 is 0.839 bits per heavy atom. The van der Waals surface area contributed by atoms with E-state index in [1.807, 2.05) is 48.8 Å². The van der Waals surface area contributed by atoms with Crippen LogP contribution in [0.25, 0.3) is 43.4 Å². The largest absolute Gasteiger partial charge is 2.00 e. The van der Waals surface area contributed by atoms with E-state index in [1.165, 1.54) is 43.4 Å². The Morgan fingerprint density at radius 1 is 0.452 bits per heavy atom. The molecule has 0 spiro atoms. The first-order valence-electron chi connectivity index (χ1n) is 10.0. The molecule has 0 saturated heterocycles. The molecule has 0 bridgehead atoms. The Hall–Kier alpha value is -3.87. The van der Waals surface area contributed by atoms with E-state index in [0.29, 0.717) is 0 Å². The number of nitrogens with one attached hydrogen (secondary N) is 2. The fourth-order valence-electron chi connectivity index (χ4n) is 4.10. The molecule has 0 amide bonds. The van der Waals surface area contributed by atoms with Crippen LogP contribution in [-0.2, 0) is 0 Å². The molecule has 0 atom stereocenters. The number of pyridine rings is 2. The molecule has 2 nitrogen and oxygen atoms in total. The Balaban J connectivity index is 0.000000144. The molecule has 6 aromatic rings. The van der Waals surface area contributed by atoms with E-state index in [2.05, 4.69) is 72.3 Å². The van der Waals surface area contributed by atoms with Crippen molar-refractivity contribution in [2.75, 3.05) is 0 Å². The molecular weight excluding hydrogens is 373 g/mol. The first-order valence-corrected chi connectivity index (χ1v) is 10.0. The predicted octanol–water partition coefficient (Wildman–Crippen LogP) is 5.60. The molecule has 0 aliphatic carbocycles. The Morgan fingerprint density at radius 3 is 1.29 bits per heavy atom. The summed E-state index contributed by atoms with van der Waals surface area (Å²) in [6.07, 6.45) is 3.91. The van der Waals surface area contributed by atoms with Crippen molar-refractivity contribution in [1.82, 2.24) is 0 Å². The zero-order chi connectivity index (χ0) is 20.5. The van der Waals surface area contributed by atoms with Gasteiger partial charge >= 0.3 is 10.1 Å². The molecule has 0 aliphatic heterocycles. The number of hydrogen-bond donors (Lipinski definition) is 0. The van der Waals surface area contributed by atoms with Crippen molar-refractivity contribution in [3.63, 3.8) is 0 Å². The maximum absolute atomic E-state index is 4.08. The van der Waals surface area contributed by atoms with Gasteiger partial charge in [0, 0.05) is 22.9 Å². The number of H-pyrrole nitrogens is 2. The molecule has 3 heteroatoms. The number of aromatic nitrogens is 2. The van der Waals surface area contributed by atoms with Gasteiger partial charge in [-0.2, -0.15) is 37.1 Å². The van der Waals surface area contributed by atoms with Crippen LogP contribution in [0.2, 0.25) is 0 Å². The number of aromatic amines is 2. The monoisotopic (exact) mass is 395 g/mol. The third kappa shape index (κ3) is 3.70. The van der Waals surface area contributed by atoms with E-state index >= 15 is 0 Å². The summed E-state index contributed by atoms with van der Waals surface area (Å²) in [4.78, 5) is 6.59. The SMILES string of the molecule is [Be+2].[CH2-]c1cccc2ccc3ccc[nH+]c3c12.[CH2-]c1cccc2ccc3ccc[nH+]c3c12. The van der Waals surface area contributed by atoms with Gasteiger partial charge in [-0.25, -0.2) is 9.97 Å². The van der Waals surface area contributed by atoms with Gasteiger partial charge in [-0.1, -0.05) is 35.0 Å².